The number of rotatable bonds is 4. The zero-order valence-corrected chi connectivity index (χ0v) is 12.8. The molecule has 2 rings (SSSR count). The van der Waals surface area contributed by atoms with E-state index in [9.17, 15) is 9.18 Å². The van der Waals surface area contributed by atoms with Gasteiger partial charge in [0.2, 0.25) is 0 Å². The number of hydrogen-bond donors (Lipinski definition) is 1. The second-order valence-corrected chi connectivity index (χ2v) is 5.97. The summed E-state index contributed by atoms with van der Waals surface area (Å²) in [5.74, 6) is 0.0833. The van der Waals surface area contributed by atoms with E-state index < -0.39 is 5.54 Å². The van der Waals surface area contributed by atoms with Crippen molar-refractivity contribution in [3.63, 3.8) is 0 Å². The molecule has 1 fully saturated rings. The van der Waals surface area contributed by atoms with Crippen molar-refractivity contribution in [1.82, 2.24) is 0 Å². The fraction of sp³-hybridized carbons (Fsp3) is 0.588. The number of nitrogens with one attached hydrogen (secondary N) is 1. The second kappa shape index (κ2) is 6.92. The number of carbonyl (C=O) groups excluding carboxylic acids is 1. The molecule has 0 spiro atoms. The van der Waals surface area contributed by atoms with Gasteiger partial charge in [-0.3, -0.25) is 0 Å². The van der Waals surface area contributed by atoms with E-state index in [-0.39, 0.29) is 11.8 Å². The highest BCUT2D eigenvalue weighted by Gasteiger charge is 2.41. The summed E-state index contributed by atoms with van der Waals surface area (Å²) in [4.78, 5) is 12.5. The average Bonchev–Trinajstić information content (AvgIpc) is 2.62. The van der Waals surface area contributed by atoms with Gasteiger partial charge < -0.3 is 10.1 Å². The van der Waals surface area contributed by atoms with Crippen molar-refractivity contribution in [2.45, 2.75) is 51.5 Å². The fourth-order valence-corrected chi connectivity index (χ4v) is 3.01. The highest BCUT2D eigenvalue weighted by atomic mass is 19.1. The Balaban J connectivity index is 2.24. The van der Waals surface area contributed by atoms with Crippen LogP contribution in [0.25, 0.3) is 0 Å². The highest BCUT2D eigenvalue weighted by Crippen LogP contribution is 2.34. The minimum atomic E-state index is -0.728. The molecular formula is C17H24FNO2. The maximum atomic E-state index is 13.4. The molecule has 1 aromatic carbocycles. The fourth-order valence-electron chi connectivity index (χ4n) is 3.01. The van der Waals surface area contributed by atoms with Gasteiger partial charge in [-0.15, -0.1) is 0 Å². The van der Waals surface area contributed by atoms with Crippen molar-refractivity contribution in [1.29, 1.82) is 0 Å². The highest BCUT2D eigenvalue weighted by molar-refractivity contribution is 5.84. The third kappa shape index (κ3) is 3.96. The van der Waals surface area contributed by atoms with Crippen LogP contribution in [-0.2, 0) is 9.53 Å². The molecule has 0 heterocycles. The van der Waals surface area contributed by atoms with E-state index in [0.717, 1.165) is 32.1 Å². The molecule has 21 heavy (non-hydrogen) atoms. The van der Waals surface area contributed by atoms with E-state index >= 15 is 0 Å². The van der Waals surface area contributed by atoms with Gasteiger partial charge in [-0.2, -0.15) is 0 Å². The Hall–Kier alpha value is -1.58. The van der Waals surface area contributed by atoms with Gasteiger partial charge in [0.25, 0.3) is 0 Å². The Kier molecular flexibility index (Phi) is 5.21. The average molecular weight is 293 g/mol. The monoisotopic (exact) mass is 293 g/mol. The molecule has 0 aromatic heterocycles. The molecule has 2 unspecified atom stereocenters. The van der Waals surface area contributed by atoms with Gasteiger partial charge >= 0.3 is 5.97 Å². The number of esters is 1. The van der Waals surface area contributed by atoms with Crippen LogP contribution in [0.1, 0.15) is 46.0 Å². The van der Waals surface area contributed by atoms with Crippen LogP contribution in [-0.4, -0.2) is 18.1 Å². The van der Waals surface area contributed by atoms with Crippen molar-refractivity contribution in [2.75, 3.05) is 11.9 Å². The van der Waals surface area contributed by atoms with E-state index in [1.54, 1.807) is 12.1 Å². The number of ether oxygens (including phenoxy) is 1. The number of halogens is 1. The maximum absolute atomic E-state index is 13.4. The largest absolute Gasteiger partial charge is 0.464 e. The van der Waals surface area contributed by atoms with Crippen LogP contribution < -0.4 is 5.32 Å². The molecule has 0 aliphatic heterocycles. The lowest BCUT2D eigenvalue weighted by molar-refractivity contribution is -0.149. The first kappa shape index (κ1) is 15.8. The Bertz CT molecular complexity index is 491. The number of anilines is 1. The third-order valence-electron chi connectivity index (χ3n) is 4.24. The van der Waals surface area contributed by atoms with Gasteiger partial charge in [-0.25, -0.2) is 9.18 Å². The van der Waals surface area contributed by atoms with E-state index in [2.05, 4.69) is 12.2 Å². The first-order valence-corrected chi connectivity index (χ1v) is 7.77. The molecule has 2 atom stereocenters. The van der Waals surface area contributed by atoms with Gasteiger partial charge in [0.05, 0.1) is 6.61 Å². The van der Waals surface area contributed by atoms with Crippen LogP contribution in [0.2, 0.25) is 0 Å². The molecule has 0 bridgehead atoms. The van der Waals surface area contributed by atoms with Gasteiger partial charge in [-0.1, -0.05) is 25.8 Å². The molecule has 116 valence electrons. The summed E-state index contributed by atoms with van der Waals surface area (Å²) >= 11 is 0. The van der Waals surface area contributed by atoms with Gasteiger partial charge in [-0.05, 0) is 50.3 Å². The molecule has 3 nitrogen and oxygen atoms in total. The third-order valence-corrected chi connectivity index (χ3v) is 4.24. The summed E-state index contributed by atoms with van der Waals surface area (Å²) in [6.07, 6.45) is 4.52. The Labute approximate surface area is 125 Å². The zero-order valence-electron chi connectivity index (χ0n) is 12.8. The van der Waals surface area contributed by atoms with Crippen LogP contribution in [0.3, 0.4) is 0 Å². The summed E-state index contributed by atoms with van der Waals surface area (Å²) in [5.41, 5.74) is -0.0909. The minimum absolute atomic E-state index is 0.219. The van der Waals surface area contributed by atoms with Crippen molar-refractivity contribution >= 4 is 11.7 Å². The van der Waals surface area contributed by atoms with E-state index in [4.69, 9.17) is 4.74 Å². The molecule has 1 aromatic rings. The Morgan fingerprint density at radius 3 is 2.95 bits per heavy atom. The van der Waals surface area contributed by atoms with E-state index in [1.165, 1.54) is 12.1 Å². The summed E-state index contributed by atoms with van der Waals surface area (Å²) in [5, 5.41) is 3.27. The van der Waals surface area contributed by atoms with Crippen LogP contribution >= 0.6 is 0 Å². The molecule has 4 heteroatoms. The van der Waals surface area contributed by atoms with Crippen molar-refractivity contribution in [2.24, 2.45) is 5.92 Å². The van der Waals surface area contributed by atoms with E-state index in [1.807, 2.05) is 6.92 Å². The molecule has 0 amide bonds. The van der Waals surface area contributed by atoms with Crippen LogP contribution in [0.4, 0.5) is 10.1 Å². The lowest BCUT2D eigenvalue weighted by atomic mass is 9.89. The zero-order chi connectivity index (χ0) is 15.3. The molecule has 0 saturated heterocycles. The SMILES string of the molecule is CCOC(=O)C1(Nc2cccc(F)c2)CCCC(C)CC1. The Morgan fingerprint density at radius 2 is 2.24 bits per heavy atom. The number of hydrogen-bond acceptors (Lipinski definition) is 3. The summed E-state index contributed by atoms with van der Waals surface area (Å²) < 4.78 is 18.7. The lowest BCUT2D eigenvalue weighted by Crippen LogP contribution is -2.47. The van der Waals surface area contributed by atoms with E-state index in [0.29, 0.717) is 18.2 Å². The summed E-state index contributed by atoms with van der Waals surface area (Å²) in [6, 6.07) is 6.26. The van der Waals surface area contributed by atoms with Gasteiger partial charge in [0.15, 0.2) is 0 Å². The van der Waals surface area contributed by atoms with Crippen molar-refractivity contribution in [3.05, 3.63) is 30.1 Å². The summed E-state index contributed by atoms with van der Waals surface area (Å²) in [6.45, 7) is 4.39. The Morgan fingerprint density at radius 1 is 1.43 bits per heavy atom. The van der Waals surface area contributed by atoms with Crippen LogP contribution in [0, 0.1) is 11.7 Å². The standard InChI is InChI=1S/C17H24FNO2/c1-3-21-16(20)17(10-5-6-13(2)9-11-17)19-15-8-4-7-14(18)12-15/h4,7-8,12-13,19H,3,5-6,9-11H2,1-2H3. The molecule has 0 radical (unpaired) electrons. The normalized spacial score (nSPS) is 26.0. The molecule has 1 aliphatic carbocycles. The second-order valence-electron chi connectivity index (χ2n) is 5.97. The number of carbonyl (C=O) groups is 1. The predicted octanol–water partition coefficient (Wildman–Crippen LogP) is 4.14. The number of benzene rings is 1. The first-order chi connectivity index (χ1) is 10.1. The topological polar surface area (TPSA) is 38.3 Å². The smallest absolute Gasteiger partial charge is 0.331 e. The first-order valence-electron chi connectivity index (χ1n) is 7.77. The quantitative estimate of drug-likeness (QED) is 0.670. The van der Waals surface area contributed by atoms with Crippen molar-refractivity contribution in [3.8, 4) is 0 Å². The molecular weight excluding hydrogens is 269 g/mol. The minimum Gasteiger partial charge on any atom is -0.464 e. The summed E-state index contributed by atoms with van der Waals surface area (Å²) in [7, 11) is 0. The molecule has 1 saturated carbocycles. The van der Waals surface area contributed by atoms with Crippen molar-refractivity contribution < 1.29 is 13.9 Å². The van der Waals surface area contributed by atoms with Gasteiger partial charge in [0, 0.05) is 5.69 Å². The molecule has 1 N–H and O–H groups in total. The van der Waals surface area contributed by atoms with Gasteiger partial charge in [0.1, 0.15) is 11.4 Å². The van der Waals surface area contributed by atoms with Crippen LogP contribution in [0.15, 0.2) is 24.3 Å². The lowest BCUT2D eigenvalue weighted by Gasteiger charge is -2.32. The van der Waals surface area contributed by atoms with Crippen LogP contribution in [0.5, 0.6) is 0 Å². The molecule has 1 aliphatic rings. The maximum Gasteiger partial charge on any atom is 0.331 e. The predicted molar refractivity (Wildman–Crippen MR) is 81.6 cm³/mol.